The molecule has 0 heterocycles. The predicted octanol–water partition coefficient (Wildman–Crippen LogP) is 2.08. The van der Waals surface area contributed by atoms with E-state index >= 15 is 0 Å². The van der Waals surface area contributed by atoms with Crippen molar-refractivity contribution >= 4 is 21.8 Å². The van der Waals surface area contributed by atoms with Gasteiger partial charge in [0.05, 0.1) is 4.83 Å². The van der Waals surface area contributed by atoms with Crippen LogP contribution < -0.4 is 5.32 Å². The maximum atomic E-state index is 11.1. The minimum atomic E-state index is -0.0566. The lowest BCUT2D eigenvalue weighted by atomic mass is 9.83. The van der Waals surface area contributed by atoms with Crippen molar-refractivity contribution in [1.29, 1.82) is 0 Å². The molecule has 1 aliphatic carbocycles. The van der Waals surface area contributed by atoms with Crippen LogP contribution in [0.2, 0.25) is 0 Å². The van der Waals surface area contributed by atoms with Crippen molar-refractivity contribution in [3.8, 4) is 0 Å². The zero-order valence-electron chi connectivity index (χ0n) is 7.48. The Hall–Kier alpha value is -0.0500. The van der Waals surface area contributed by atoms with Gasteiger partial charge in [-0.2, -0.15) is 0 Å². The first kappa shape index (κ1) is 10.0. The average molecular weight is 234 g/mol. The number of carbonyl (C=O) groups is 1. The van der Waals surface area contributed by atoms with E-state index in [-0.39, 0.29) is 10.7 Å². The second-order valence-electron chi connectivity index (χ2n) is 3.49. The first-order valence-electron chi connectivity index (χ1n) is 4.62. The van der Waals surface area contributed by atoms with Gasteiger partial charge in [0.25, 0.3) is 0 Å². The van der Waals surface area contributed by atoms with Crippen molar-refractivity contribution in [2.75, 3.05) is 6.54 Å². The van der Waals surface area contributed by atoms with E-state index in [9.17, 15) is 4.79 Å². The van der Waals surface area contributed by atoms with E-state index < -0.39 is 0 Å². The van der Waals surface area contributed by atoms with Gasteiger partial charge in [-0.25, -0.2) is 0 Å². The molecule has 0 aliphatic heterocycles. The Bertz CT molecular complexity index is 155. The molecule has 1 N–H and O–H groups in total. The Morgan fingerprint density at radius 2 is 2.33 bits per heavy atom. The highest BCUT2D eigenvalue weighted by atomic mass is 79.9. The van der Waals surface area contributed by atoms with Gasteiger partial charge in [0.2, 0.25) is 5.91 Å². The molecule has 3 heteroatoms. The number of alkyl halides is 1. The number of amides is 1. The third-order valence-corrected chi connectivity index (χ3v) is 2.85. The Kier molecular flexibility index (Phi) is 4.06. The fraction of sp³-hybridized carbons (Fsp3) is 0.889. The molecule has 0 radical (unpaired) electrons. The molecule has 2 nitrogen and oxygen atoms in total. The number of halogens is 1. The average Bonchev–Trinajstić information content (AvgIpc) is 1.93. The van der Waals surface area contributed by atoms with Gasteiger partial charge in [0, 0.05) is 6.54 Å². The molecule has 12 heavy (non-hydrogen) atoms. The lowest BCUT2D eigenvalue weighted by molar-refractivity contribution is -0.120. The highest BCUT2D eigenvalue weighted by Crippen LogP contribution is 2.28. The van der Waals surface area contributed by atoms with E-state index in [4.69, 9.17) is 0 Å². The smallest absolute Gasteiger partial charge is 0.233 e. The Morgan fingerprint density at radius 1 is 1.67 bits per heavy atom. The van der Waals surface area contributed by atoms with Crippen molar-refractivity contribution in [2.24, 2.45) is 5.92 Å². The van der Waals surface area contributed by atoms with Crippen LogP contribution in [-0.2, 0) is 4.79 Å². The van der Waals surface area contributed by atoms with E-state index in [0.717, 1.165) is 18.9 Å². The fourth-order valence-electron chi connectivity index (χ4n) is 1.32. The molecule has 70 valence electrons. The molecular weight excluding hydrogens is 218 g/mol. The second-order valence-corrected chi connectivity index (χ2v) is 4.87. The van der Waals surface area contributed by atoms with Gasteiger partial charge < -0.3 is 5.32 Å². The van der Waals surface area contributed by atoms with Crippen molar-refractivity contribution in [1.82, 2.24) is 5.32 Å². The number of hydrogen-bond acceptors (Lipinski definition) is 1. The summed E-state index contributed by atoms with van der Waals surface area (Å²) in [5.74, 6) is 0.991. The molecule has 1 atom stereocenters. The number of carbonyl (C=O) groups excluding carboxylic acids is 1. The van der Waals surface area contributed by atoms with Crippen molar-refractivity contribution in [3.63, 3.8) is 0 Å². The highest BCUT2D eigenvalue weighted by molar-refractivity contribution is 9.10. The largest absolute Gasteiger partial charge is 0.355 e. The quantitative estimate of drug-likeness (QED) is 0.741. The van der Waals surface area contributed by atoms with Gasteiger partial charge in [0.15, 0.2) is 0 Å². The van der Waals surface area contributed by atoms with Crippen molar-refractivity contribution in [3.05, 3.63) is 0 Å². The molecule has 1 aliphatic rings. The summed E-state index contributed by atoms with van der Waals surface area (Å²) in [5, 5.41) is 2.90. The van der Waals surface area contributed by atoms with Crippen LogP contribution in [0.1, 0.15) is 32.6 Å². The van der Waals surface area contributed by atoms with E-state index in [0.29, 0.717) is 0 Å². The third-order valence-electron chi connectivity index (χ3n) is 2.44. The highest BCUT2D eigenvalue weighted by Gasteiger charge is 2.17. The molecule has 1 rings (SSSR count). The summed E-state index contributed by atoms with van der Waals surface area (Å²) in [6.45, 7) is 2.69. The van der Waals surface area contributed by atoms with Crippen LogP contribution in [0.5, 0.6) is 0 Å². The lowest BCUT2D eigenvalue weighted by Gasteiger charge is -2.25. The number of rotatable bonds is 4. The molecule has 0 spiro atoms. The number of hydrogen-bond donors (Lipinski definition) is 1. The Balaban J connectivity index is 1.97. The summed E-state index contributed by atoms with van der Waals surface area (Å²) >= 11 is 3.23. The molecule has 1 amide bonds. The fourth-order valence-corrected chi connectivity index (χ4v) is 1.48. The second kappa shape index (κ2) is 4.85. The van der Waals surface area contributed by atoms with Gasteiger partial charge in [-0.05, 0) is 19.3 Å². The summed E-state index contributed by atoms with van der Waals surface area (Å²) in [4.78, 5) is 11.0. The number of nitrogens with one attached hydrogen (secondary N) is 1. The van der Waals surface area contributed by atoms with Gasteiger partial charge in [0.1, 0.15) is 0 Å². The van der Waals surface area contributed by atoms with Crippen LogP contribution in [0.4, 0.5) is 0 Å². The maximum absolute atomic E-state index is 11.1. The molecule has 0 aromatic carbocycles. The SMILES string of the molecule is CC(Br)C(=O)NCCC1CCC1. The Labute approximate surface area is 82.2 Å². The van der Waals surface area contributed by atoms with Gasteiger partial charge in [-0.15, -0.1) is 0 Å². The zero-order valence-corrected chi connectivity index (χ0v) is 9.06. The van der Waals surface area contributed by atoms with Crippen molar-refractivity contribution in [2.45, 2.75) is 37.4 Å². The van der Waals surface area contributed by atoms with E-state index in [1.165, 1.54) is 19.3 Å². The van der Waals surface area contributed by atoms with E-state index in [2.05, 4.69) is 21.2 Å². The van der Waals surface area contributed by atoms with Gasteiger partial charge >= 0.3 is 0 Å². The summed E-state index contributed by atoms with van der Waals surface area (Å²) < 4.78 is 0. The first-order chi connectivity index (χ1) is 5.70. The van der Waals surface area contributed by atoms with Crippen LogP contribution in [0.25, 0.3) is 0 Å². The minimum absolute atomic E-state index is 0.0566. The normalized spacial score (nSPS) is 19.8. The topological polar surface area (TPSA) is 29.1 Å². The minimum Gasteiger partial charge on any atom is -0.355 e. The molecule has 1 unspecified atom stereocenters. The van der Waals surface area contributed by atoms with Crippen LogP contribution in [-0.4, -0.2) is 17.3 Å². The molecular formula is C9H16BrNO. The molecule has 1 saturated carbocycles. The van der Waals surface area contributed by atoms with E-state index in [1.54, 1.807) is 0 Å². The molecule has 0 bridgehead atoms. The molecule has 0 aromatic rings. The Morgan fingerprint density at radius 3 is 2.75 bits per heavy atom. The van der Waals surface area contributed by atoms with Crippen LogP contribution in [0, 0.1) is 5.92 Å². The summed E-state index contributed by atoms with van der Waals surface area (Å²) in [6, 6.07) is 0. The van der Waals surface area contributed by atoms with Crippen LogP contribution in [0.15, 0.2) is 0 Å². The monoisotopic (exact) mass is 233 g/mol. The maximum Gasteiger partial charge on any atom is 0.233 e. The van der Waals surface area contributed by atoms with Crippen LogP contribution in [0.3, 0.4) is 0 Å². The summed E-state index contributed by atoms with van der Waals surface area (Å²) in [5.41, 5.74) is 0. The molecule has 0 aromatic heterocycles. The van der Waals surface area contributed by atoms with Gasteiger partial charge in [-0.3, -0.25) is 4.79 Å². The van der Waals surface area contributed by atoms with Crippen molar-refractivity contribution < 1.29 is 4.79 Å². The zero-order chi connectivity index (χ0) is 8.97. The molecule has 1 fully saturated rings. The standard InChI is InChI=1S/C9H16BrNO/c1-7(10)9(12)11-6-5-8-3-2-4-8/h7-8H,2-6H2,1H3,(H,11,12). The van der Waals surface area contributed by atoms with Crippen LogP contribution >= 0.6 is 15.9 Å². The lowest BCUT2D eigenvalue weighted by Crippen LogP contribution is -2.31. The van der Waals surface area contributed by atoms with Gasteiger partial charge in [-0.1, -0.05) is 35.2 Å². The summed E-state index contributed by atoms with van der Waals surface area (Å²) in [7, 11) is 0. The van der Waals surface area contributed by atoms with E-state index in [1.807, 2.05) is 6.92 Å². The predicted molar refractivity (Wildman–Crippen MR) is 53.4 cm³/mol. The summed E-state index contributed by atoms with van der Waals surface area (Å²) in [6.07, 6.45) is 5.26. The molecule has 0 saturated heterocycles. The first-order valence-corrected chi connectivity index (χ1v) is 5.53. The third kappa shape index (κ3) is 3.13.